The first-order valence-corrected chi connectivity index (χ1v) is 7.49. The largest absolute Gasteiger partial charge is 0.207 e. The van der Waals surface area contributed by atoms with Gasteiger partial charge in [-0.1, -0.05) is 24.3 Å². The standard InChI is InChI=1S/C15H13ClF2S/c1-19-15-5-3-2-4-12(15)13(16)8-10-6-7-11(17)9-14(10)18/h2-7,9,13H,8H2,1H3. The third-order valence-corrected chi connectivity index (χ3v) is 4.09. The van der Waals surface area contributed by atoms with Crippen LogP contribution in [-0.4, -0.2) is 6.26 Å². The molecule has 1 unspecified atom stereocenters. The fourth-order valence-corrected chi connectivity index (χ4v) is 3.00. The molecular formula is C15H13ClF2S. The van der Waals surface area contributed by atoms with Crippen LogP contribution in [0, 0.1) is 11.6 Å². The Labute approximate surface area is 120 Å². The Kier molecular flexibility index (Phi) is 4.83. The van der Waals surface area contributed by atoms with Gasteiger partial charge in [-0.15, -0.1) is 23.4 Å². The fourth-order valence-electron chi connectivity index (χ4n) is 1.92. The molecule has 0 saturated carbocycles. The summed E-state index contributed by atoms with van der Waals surface area (Å²) in [6, 6.07) is 11.4. The molecule has 0 aromatic heterocycles. The van der Waals surface area contributed by atoms with Crippen molar-refractivity contribution >= 4 is 23.4 Å². The van der Waals surface area contributed by atoms with Gasteiger partial charge in [0.05, 0.1) is 5.38 Å². The van der Waals surface area contributed by atoms with Crippen molar-refractivity contribution in [2.45, 2.75) is 16.7 Å². The third kappa shape index (κ3) is 3.48. The SMILES string of the molecule is CSc1ccccc1C(Cl)Cc1ccc(F)cc1F. The number of rotatable bonds is 4. The fraction of sp³-hybridized carbons (Fsp3) is 0.200. The second-order valence-electron chi connectivity index (χ2n) is 4.15. The van der Waals surface area contributed by atoms with Crippen LogP contribution in [0.4, 0.5) is 8.78 Å². The van der Waals surface area contributed by atoms with E-state index in [0.717, 1.165) is 16.5 Å². The van der Waals surface area contributed by atoms with E-state index < -0.39 is 11.6 Å². The quantitative estimate of drug-likeness (QED) is 0.551. The lowest BCUT2D eigenvalue weighted by Gasteiger charge is -2.14. The lowest BCUT2D eigenvalue weighted by Crippen LogP contribution is -2.00. The Morgan fingerprint density at radius 2 is 1.89 bits per heavy atom. The summed E-state index contributed by atoms with van der Waals surface area (Å²) in [6.45, 7) is 0. The van der Waals surface area contributed by atoms with E-state index in [1.54, 1.807) is 11.8 Å². The first kappa shape index (κ1) is 14.4. The molecule has 0 aliphatic heterocycles. The van der Waals surface area contributed by atoms with Crippen molar-refractivity contribution < 1.29 is 8.78 Å². The zero-order chi connectivity index (χ0) is 13.8. The van der Waals surface area contributed by atoms with Gasteiger partial charge in [0.15, 0.2) is 0 Å². The minimum absolute atomic E-state index is 0.330. The minimum Gasteiger partial charge on any atom is -0.207 e. The highest BCUT2D eigenvalue weighted by molar-refractivity contribution is 7.98. The molecule has 100 valence electrons. The van der Waals surface area contributed by atoms with Gasteiger partial charge in [-0.2, -0.15) is 0 Å². The molecule has 0 aliphatic rings. The molecule has 2 aromatic rings. The average molecular weight is 299 g/mol. The predicted octanol–water partition coefficient (Wildman–Crippen LogP) is 5.21. The number of hydrogen-bond donors (Lipinski definition) is 0. The van der Waals surface area contributed by atoms with Crippen LogP contribution in [-0.2, 0) is 6.42 Å². The van der Waals surface area contributed by atoms with Crippen molar-refractivity contribution in [1.82, 2.24) is 0 Å². The van der Waals surface area contributed by atoms with Crippen LogP contribution in [0.25, 0.3) is 0 Å². The number of halogens is 3. The van der Waals surface area contributed by atoms with Crippen LogP contribution >= 0.6 is 23.4 Å². The lowest BCUT2D eigenvalue weighted by atomic mass is 10.0. The van der Waals surface area contributed by atoms with Gasteiger partial charge in [0.25, 0.3) is 0 Å². The zero-order valence-electron chi connectivity index (χ0n) is 10.4. The molecule has 2 aromatic carbocycles. The lowest BCUT2D eigenvalue weighted by molar-refractivity contribution is 0.570. The van der Waals surface area contributed by atoms with Gasteiger partial charge >= 0.3 is 0 Å². The Balaban J connectivity index is 2.23. The summed E-state index contributed by atoms with van der Waals surface area (Å²) in [5.74, 6) is -1.12. The first-order valence-electron chi connectivity index (χ1n) is 5.82. The van der Waals surface area contributed by atoms with E-state index in [1.165, 1.54) is 12.1 Å². The van der Waals surface area contributed by atoms with Gasteiger partial charge in [0.2, 0.25) is 0 Å². The van der Waals surface area contributed by atoms with Crippen LogP contribution < -0.4 is 0 Å². The molecule has 0 spiro atoms. The van der Waals surface area contributed by atoms with Gasteiger partial charge in [-0.3, -0.25) is 0 Å². The summed E-state index contributed by atoms with van der Waals surface area (Å²) in [4.78, 5) is 1.07. The topological polar surface area (TPSA) is 0 Å². The Morgan fingerprint density at radius 3 is 2.58 bits per heavy atom. The van der Waals surface area contributed by atoms with Crippen molar-refractivity contribution in [3.05, 3.63) is 65.2 Å². The van der Waals surface area contributed by atoms with Crippen molar-refractivity contribution in [3.63, 3.8) is 0 Å². The van der Waals surface area contributed by atoms with Crippen molar-refractivity contribution in [2.75, 3.05) is 6.26 Å². The monoisotopic (exact) mass is 298 g/mol. The van der Waals surface area contributed by atoms with E-state index in [2.05, 4.69) is 0 Å². The third-order valence-electron chi connectivity index (χ3n) is 2.89. The second-order valence-corrected chi connectivity index (χ2v) is 5.52. The molecule has 0 amide bonds. The van der Waals surface area contributed by atoms with Crippen LogP contribution in [0.1, 0.15) is 16.5 Å². The van der Waals surface area contributed by atoms with Gasteiger partial charge in [0.1, 0.15) is 11.6 Å². The van der Waals surface area contributed by atoms with E-state index in [9.17, 15) is 8.78 Å². The zero-order valence-corrected chi connectivity index (χ0v) is 11.9. The molecule has 0 nitrogen and oxygen atoms in total. The Hall–Kier alpha value is -1.06. The molecule has 0 fully saturated rings. The van der Waals surface area contributed by atoms with E-state index in [4.69, 9.17) is 11.6 Å². The summed E-state index contributed by atoms with van der Waals surface area (Å²) in [5.41, 5.74) is 1.40. The van der Waals surface area contributed by atoms with Gasteiger partial charge in [0, 0.05) is 11.0 Å². The molecule has 0 bridgehead atoms. The number of hydrogen-bond acceptors (Lipinski definition) is 1. The van der Waals surface area contributed by atoms with Crippen molar-refractivity contribution in [2.24, 2.45) is 0 Å². The highest BCUT2D eigenvalue weighted by Crippen LogP contribution is 2.32. The van der Waals surface area contributed by atoms with Crippen molar-refractivity contribution in [3.8, 4) is 0 Å². The maximum absolute atomic E-state index is 13.6. The highest BCUT2D eigenvalue weighted by Gasteiger charge is 2.15. The Morgan fingerprint density at radius 1 is 1.16 bits per heavy atom. The smallest absolute Gasteiger partial charge is 0.129 e. The molecule has 19 heavy (non-hydrogen) atoms. The maximum atomic E-state index is 13.6. The molecule has 1 atom stereocenters. The molecule has 0 saturated heterocycles. The second kappa shape index (κ2) is 6.40. The molecule has 2 rings (SSSR count). The number of alkyl halides is 1. The average Bonchev–Trinajstić information content (AvgIpc) is 2.41. The summed E-state index contributed by atoms with van der Waals surface area (Å²) < 4.78 is 26.5. The number of benzene rings is 2. The highest BCUT2D eigenvalue weighted by atomic mass is 35.5. The van der Waals surface area contributed by atoms with Crippen LogP contribution in [0.15, 0.2) is 47.4 Å². The first-order chi connectivity index (χ1) is 9.11. The van der Waals surface area contributed by atoms with Gasteiger partial charge in [-0.25, -0.2) is 8.78 Å². The molecular weight excluding hydrogens is 286 g/mol. The van der Waals surface area contributed by atoms with E-state index in [0.29, 0.717) is 12.0 Å². The minimum atomic E-state index is -0.572. The molecule has 0 N–H and O–H groups in total. The molecule has 0 heterocycles. The van der Waals surface area contributed by atoms with E-state index in [-0.39, 0.29) is 5.38 Å². The van der Waals surface area contributed by atoms with Gasteiger partial charge in [-0.05, 0) is 35.9 Å². The maximum Gasteiger partial charge on any atom is 0.129 e. The Bertz CT molecular complexity index is 572. The summed E-state index contributed by atoms with van der Waals surface area (Å²) in [5, 5.41) is -0.330. The van der Waals surface area contributed by atoms with E-state index in [1.807, 2.05) is 30.5 Å². The summed E-state index contributed by atoms with van der Waals surface area (Å²) in [7, 11) is 0. The van der Waals surface area contributed by atoms with Gasteiger partial charge < -0.3 is 0 Å². The summed E-state index contributed by atoms with van der Waals surface area (Å²) >= 11 is 7.97. The van der Waals surface area contributed by atoms with Crippen molar-refractivity contribution in [1.29, 1.82) is 0 Å². The van der Waals surface area contributed by atoms with Crippen LogP contribution in [0.3, 0.4) is 0 Å². The molecule has 0 aliphatic carbocycles. The van der Waals surface area contributed by atoms with Crippen LogP contribution in [0.2, 0.25) is 0 Å². The molecule has 4 heteroatoms. The predicted molar refractivity (Wildman–Crippen MR) is 76.9 cm³/mol. The molecule has 0 radical (unpaired) electrons. The summed E-state index contributed by atoms with van der Waals surface area (Å²) in [6.07, 6.45) is 2.31. The van der Waals surface area contributed by atoms with E-state index >= 15 is 0 Å². The normalized spacial score (nSPS) is 12.4. The van der Waals surface area contributed by atoms with Crippen LogP contribution in [0.5, 0.6) is 0 Å². The number of thioether (sulfide) groups is 1.